The van der Waals surface area contributed by atoms with Gasteiger partial charge in [0.1, 0.15) is 5.69 Å². The van der Waals surface area contributed by atoms with E-state index in [9.17, 15) is 14.9 Å². The Labute approximate surface area is 114 Å². The van der Waals surface area contributed by atoms with Gasteiger partial charge in [-0.2, -0.15) is 0 Å². The predicted octanol–water partition coefficient (Wildman–Crippen LogP) is 1.40. The van der Waals surface area contributed by atoms with E-state index in [2.05, 4.69) is 5.43 Å². The molecule has 1 aromatic carbocycles. The van der Waals surface area contributed by atoms with Crippen LogP contribution < -0.4 is 16.8 Å². The Morgan fingerprint density at radius 1 is 1.35 bits per heavy atom. The van der Waals surface area contributed by atoms with Crippen molar-refractivity contribution in [3.63, 3.8) is 0 Å². The van der Waals surface area contributed by atoms with E-state index in [1.54, 1.807) is 18.3 Å². The first-order chi connectivity index (χ1) is 9.51. The Morgan fingerprint density at radius 3 is 2.70 bits per heavy atom. The fraction of sp³-hybridized carbons (Fsp3) is 0.154. The summed E-state index contributed by atoms with van der Waals surface area (Å²) in [7, 11) is 0. The van der Waals surface area contributed by atoms with Crippen LogP contribution in [-0.4, -0.2) is 9.49 Å². The lowest BCUT2D eigenvalue weighted by Crippen LogP contribution is -2.19. The third-order valence-corrected chi connectivity index (χ3v) is 2.92. The quantitative estimate of drug-likeness (QED) is 0.498. The summed E-state index contributed by atoms with van der Waals surface area (Å²) in [5, 5.41) is 10.8. The number of hydrazine groups is 1. The Morgan fingerprint density at radius 2 is 2.10 bits per heavy atom. The third-order valence-electron chi connectivity index (χ3n) is 2.92. The SMILES string of the molecule is Cc1ccn(Cc2ccc([N+](=O)[O-])c(NN)c2)c(=O)c1. The largest absolute Gasteiger partial charge is 0.318 e. The predicted molar refractivity (Wildman–Crippen MR) is 75.4 cm³/mol. The molecule has 0 aliphatic carbocycles. The normalized spacial score (nSPS) is 10.3. The minimum absolute atomic E-state index is 0.104. The molecule has 0 atom stereocenters. The number of aromatic nitrogens is 1. The molecule has 3 N–H and O–H groups in total. The highest BCUT2D eigenvalue weighted by Crippen LogP contribution is 2.24. The number of nitrogens with two attached hydrogens (primary N) is 1. The maximum absolute atomic E-state index is 11.8. The molecule has 0 unspecified atom stereocenters. The molecule has 7 heteroatoms. The Kier molecular flexibility index (Phi) is 3.81. The van der Waals surface area contributed by atoms with Crippen LogP contribution in [0.3, 0.4) is 0 Å². The molecule has 0 aliphatic rings. The van der Waals surface area contributed by atoms with Gasteiger partial charge in [0.15, 0.2) is 0 Å². The maximum atomic E-state index is 11.8. The highest BCUT2D eigenvalue weighted by atomic mass is 16.6. The smallest absolute Gasteiger partial charge is 0.293 e. The van der Waals surface area contributed by atoms with Crippen LogP contribution in [0.2, 0.25) is 0 Å². The van der Waals surface area contributed by atoms with E-state index in [0.717, 1.165) is 11.1 Å². The van der Waals surface area contributed by atoms with Crippen molar-refractivity contribution in [3.8, 4) is 0 Å². The highest BCUT2D eigenvalue weighted by molar-refractivity contribution is 5.62. The molecule has 0 aliphatic heterocycles. The van der Waals surface area contributed by atoms with Gasteiger partial charge in [0.25, 0.3) is 11.2 Å². The lowest BCUT2D eigenvalue weighted by atomic mass is 10.1. The lowest BCUT2D eigenvalue weighted by molar-refractivity contribution is -0.384. The van der Waals surface area contributed by atoms with Crippen molar-refractivity contribution < 1.29 is 4.92 Å². The molecule has 0 saturated carbocycles. The Hall–Kier alpha value is -2.67. The summed E-state index contributed by atoms with van der Waals surface area (Å²) in [5.41, 5.74) is 3.92. The van der Waals surface area contributed by atoms with E-state index in [1.807, 2.05) is 13.0 Å². The van der Waals surface area contributed by atoms with Crippen molar-refractivity contribution in [2.24, 2.45) is 5.84 Å². The van der Waals surface area contributed by atoms with Gasteiger partial charge in [-0.25, -0.2) is 0 Å². The van der Waals surface area contributed by atoms with Crippen molar-refractivity contribution in [1.82, 2.24) is 4.57 Å². The summed E-state index contributed by atoms with van der Waals surface area (Å²) in [6.45, 7) is 2.17. The van der Waals surface area contributed by atoms with Crippen molar-refractivity contribution in [2.45, 2.75) is 13.5 Å². The number of nitrogen functional groups attached to an aromatic ring is 1. The number of hydrogen-bond donors (Lipinski definition) is 2. The molecule has 0 amide bonds. The number of aryl methyl sites for hydroxylation is 1. The number of nitro groups is 1. The van der Waals surface area contributed by atoms with Gasteiger partial charge in [0.05, 0.1) is 11.5 Å². The topological polar surface area (TPSA) is 103 Å². The number of nitrogens with zero attached hydrogens (tertiary/aromatic N) is 2. The first kappa shape index (κ1) is 13.8. The number of nitrogens with one attached hydrogen (secondary N) is 1. The van der Waals surface area contributed by atoms with Gasteiger partial charge in [-0.15, -0.1) is 0 Å². The maximum Gasteiger partial charge on any atom is 0.293 e. The number of anilines is 1. The molecule has 7 nitrogen and oxygen atoms in total. The van der Waals surface area contributed by atoms with Crippen molar-refractivity contribution in [2.75, 3.05) is 5.43 Å². The van der Waals surface area contributed by atoms with Gasteiger partial charge in [-0.1, -0.05) is 6.07 Å². The zero-order valence-electron chi connectivity index (χ0n) is 10.9. The van der Waals surface area contributed by atoms with Crippen LogP contribution in [0.15, 0.2) is 41.3 Å². The summed E-state index contributed by atoms with van der Waals surface area (Å²) >= 11 is 0. The first-order valence-corrected chi connectivity index (χ1v) is 5.92. The van der Waals surface area contributed by atoms with Gasteiger partial charge in [-0.3, -0.25) is 20.8 Å². The minimum Gasteiger partial charge on any atom is -0.318 e. The standard InChI is InChI=1S/C13H14N4O3/c1-9-4-5-16(13(18)6-9)8-10-2-3-12(17(19)20)11(7-10)15-14/h2-7,15H,8,14H2,1H3. The Balaban J connectivity index is 2.34. The summed E-state index contributed by atoms with van der Waals surface area (Å²) in [6.07, 6.45) is 1.69. The van der Waals surface area contributed by atoms with Gasteiger partial charge in [0.2, 0.25) is 0 Å². The molecular weight excluding hydrogens is 260 g/mol. The molecule has 0 bridgehead atoms. The number of nitro benzene ring substituents is 1. The van der Waals surface area contributed by atoms with E-state index in [0.29, 0.717) is 6.54 Å². The molecule has 2 aromatic rings. The second kappa shape index (κ2) is 5.54. The minimum atomic E-state index is -0.517. The fourth-order valence-electron chi connectivity index (χ4n) is 1.89. The average Bonchev–Trinajstić information content (AvgIpc) is 2.41. The molecule has 2 rings (SSSR count). The molecule has 1 heterocycles. The molecule has 0 spiro atoms. The van der Waals surface area contributed by atoms with Crippen LogP contribution in [0.25, 0.3) is 0 Å². The molecular formula is C13H14N4O3. The van der Waals surface area contributed by atoms with Crippen molar-refractivity contribution >= 4 is 11.4 Å². The molecule has 20 heavy (non-hydrogen) atoms. The molecule has 0 saturated heterocycles. The van der Waals surface area contributed by atoms with Crippen molar-refractivity contribution in [1.29, 1.82) is 0 Å². The number of hydrogen-bond acceptors (Lipinski definition) is 5. The average molecular weight is 274 g/mol. The van der Waals surface area contributed by atoms with Crippen LogP contribution in [0, 0.1) is 17.0 Å². The van der Waals surface area contributed by atoms with E-state index < -0.39 is 4.92 Å². The summed E-state index contributed by atoms with van der Waals surface area (Å²) in [4.78, 5) is 22.1. The van der Waals surface area contributed by atoms with Crippen LogP contribution in [0.5, 0.6) is 0 Å². The van der Waals surface area contributed by atoms with E-state index in [-0.39, 0.29) is 16.9 Å². The second-order valence-corrected chi connectivity index (χ2v) is 4.42. The summed E-state index contributed by atoms with van der Waals surface area (Å²) < 4.78 is 1.52. The zero-order valence-corrected chi connectivity index (χ0v) is 10.9. The van der Waals surface area contributed by atoms with E-state index in [1.165, 1.54) is 16.7 Å². The molecule has 104 valence electrons. The van der Waals surface area contributed by atoms with E-state index >= 15 is 0 Å². The monoisotopic (exact) mass is 274 g/mol. The van der Waals surface area contributed by atoms with Crippen LogP contribution in [0.4, 0.5) is 11.4 Å². The highest BCUT2D eigenvalue weighted by Gasteiger charge is 2.13. The summed E-state index contributed by atoms with van der Waals surface area (Å²) in [5.74, 6) is 5.28. The van der Waals surface area contributed by atoms with Gasteiger partial charge < -0.3 is 9.99 Å². The van der Waals surface area contributed by atoms with Crippen LogP contribution in [0.1, 0.15) is 11.1 Å². The number of pyridine rings is 1. The number of benzene rings is 1. The van der Waals surface area contributed by atoms with E-state index in [4.69, 9.17) is 5.84 Å². The zero-order chi connectivity index (χ0) is 14.7. The molecule has 1 aromatic heterocycles. The van der Waals surface area contributed by atoms with Crippen molar-refractivity contribution in [3.05, 3.63) is 68.1 Å². The Bertz CT molecular complexity index is 709. The molecule has 0 radical (unpaired) electrons. The number of rotatable bonds is 4. The van der Waals surface area contributed by atoms with Gasteiger partial charge in [-0.05, 0) is 30.2 Å². The van der Waals surface area contributed by atoms with Gasteiger partial charge in [0, 0.05) is 18.3 Å². The van der Waals surface area contributed by atoms with Crippen LogP contribution in [-0.2, 0) is 6.54 Å². The second-order valence-electron chi connectivity index (χ2n) is 4.42. The van der Waals surface area contributed by atoms with Crippen LogP contribution >= 0.6 is 0 Å². The third kappa shape index (κ3) is 2.83. The first-order valence-electron chi connectivity index (χ1n) is 5.92. The molecule has 0 fully saturated rings. The lowest BCUT2D eigenvalue weighted by Gasteiger charge is -2.08. The fourth-order valence-corrected chi connectivity index (χ4v) is 1.89. The van der Waals surface area contributed by atoms with Gasteiger partial charge >= 0.3 is 0 Å². The summed E-state index contributed by atoms with van der Waals surface area (Å²) in [6, 6.07) is 7.89.